The van der Waals surface area contributed by atoms with Crippen LogP contribution in [0.1, 0.15) is 32.1 Å². The number of nitrogens with zero attached hydrogens (tertiary/aromatic N) is 12. The molecule has 7 heterocycles. The number of piperazine rings is 3. The van der Waals surface area contributed by atoms with Crippen LogP contribution in [0.4, 0.5) is 14.6 Å². The zero-order valence-electron chi connectivity index (χ0n) is 37.6. The normalized spacial score (nSPS) is 25.0. The summed E-state index contributed by atoms with van der Waals surface area (Å²) in [4.78, 5) is 31.1. The van der Waals surface area contributed by atoms with Gasteiger partial charge in [-0.1, -0.05) is 0 Å². The van der Waals surface area contributed by atoms with E-state index in [1.54, 1.807) is 12.4 Å². The van der Waals surface area contributed by atoms with E-state index in [0.29, 0.717) is 19.7 Å². The number of piperidine rings is 2. The molecule has 0 spiro atoms. The van der Waals surface area contributed by atoms with Gasteiger partial charge in [0.1, 0.15) is 5.82 Å². The molecule has 57 heavy (non-hydrogen) atoms. The second-order valence-corrected chi connectivity index (χ2v) is 17.2. The van der Waals surface area contributed by atoms with E-state index < -0.39 is 5.92 Å². The Morgan fingerprint density at radius 3 is 1.42 bits per heavy atom. The van der Waals surface area contributed by atoms with Gasteiger partial charge >= 0.3 is 0 Å². The monoisotopic (exact) mass is 815 g/mol. The summed E-state index contributed by atoms with van der Waals surface area (Å²) in [6.45, 7) is 20.4. The molecule has 0 bridgehead atoms. The highest BCUT2D eigenvalue weighted by atomic mass is 19.3. The number of aliphatic hydroxyl groups excluding tert-OH is 2. The molecule has 7 rings (SSSR count). The standard InChI is InChI=1S/C9H14N4.C8H18N2.C7H16N2O.C6H11F2N.C6H14N2.C5H11NO/c1-12-4-6-13(7-5-12)9-8-10-2-3-11-9;1-9(2)8-4-6-10(3)7-5-8;1-8-2-4-9(5-3-8)6-7-10;1-9-4-2-6(7,8)3-5-9;1-7-3-5-8(2)6-4-7;1-6-3-2-5(7)4-6/h2-3,8H,4-7H2,1H3;8H,4-7H2,1-3H3;10H,2-7H2,1H3;2-5H2,1H3;3-6H2,1-2H3;5,7H,2-4H2,1H3. The van der Waals surface area contributed by atoms with E-state index in [0.717, 1.165) is 90.3 Å². The van der Waals surface area contributed by atoms with E-state index in [2.05, 4.69) is 103 Å². The molecule has 6 aliphatic rings. The fraction of sp³-hybridized carbons (Fsp3) is 0.902. The molecule has 6 aliphatic heterocycles. The van der Waals surface area contributed by atoms with Gasteiger partial charge in [-0.2, -0.15) is 0 Å². The van der Waals surface area contributed by atoms with Crippen molar-refractivity contribution in [2.24, 2.45) is 0 Å². The molecule has 6 fully saturated rings. The molecule has 0 radical (unpaired) electrons. The molecule has 1 aromatic rings. The summed E-state index contributed by atoms with van der Waals surface area (Å²) in [6, 6.07) is 0.830. The van der Waals surface area contributed by atoms with Gasteiger partial charge < -0.3 is 54.3 Å². The van der Waals surface area contributed by atoms with Gasteiger partial charge in [-0.15, -0.1) is 0 Å². The lowest BCUT2D eigenvalue weighted by Crippen LogP contribution is -2.45. The summed E-state index contributed by atoms with van der Waals surface area (Å²) in [7, 11) is 19.1. The number of hydrogen-bond acceptors (Lipinski definition) is 14. The molecule has 1 aromatic heterocycles. The third-order valence-corrected chi connectivity index (χ3v) is 11.6. The summed E-state index contributed by atoms with van der Waals surface area (Å²) in [5.41, 5.74) is 0. The van der Waals surface area contributed by atoms with Crippen molar-refractivity contribution in [2.45, 2.75) is 50.2 Å². The molecule has 334 valence electrons. The van der Waals surface area contributed by atoms with Gasteiger partial charge in [-0.25, -0.2) is 13.8 Å². The number of aliphatic hydroxyl groups is 2. The Hall–Kier alpha value is -1.70. The molecule has 1 atom stereocenters. The molecular formula is C41H84F2N12O2. The number of alkyl halides is 2. The lowest BCUT2D eigenvalue weighted by atomic mass is 10.1. The molecule has 14 nitrogen and oxygen atoms in total. The number of rotatable bonds is 4. The maximum absolute atomic E-state index is 12.4. The fourth-order valence-corrected chi connectivity index (χ4v) is 6.98. The maximum Gasteiger partial charge on any atom is 0.250 e. The highest BCUT2D eigenvalue weighted by Gasteiger charge is 2.32. The summed E-state index contributed by atoms with van der Waals surface area (Å²) in [5, 5.41) is 17.5. The van der Waals surface area contributed by atoms with Crippen LogP contribution in [-0.2, 0) is 0 Å². The van der Waals surface area contributed by atoms with E-state index in [9.17, 15) is 8.78 Å². The van der Waals surface area contributed by atoms with Gasteiger partial charge in [0.05, 0.1) is 18.9 Å². The smallest absolute Gasteiger partial charge is 0.250 e. The Morgan fingerprint density at radius 1 is 0.614 bits per heavy atom. The lowest BCUT2D eigenvalue weighted by molar-refractivity contribution is -0.0504. The molecular weight excluding hydrogens is 731 g/mol. The lowest BCUT2D eigenvalue weighted by Gasteiger charge is -2.32. The van der Waals surface area contributed by atoms with Gasteiger partial charge in [-0.3, -0.25) is 9.88 Å². The maximum atomic E-state index is 12.4. The number of hydrogen-bond donors (Lipinski definition) is 2. The first-order valence-corrected chi connectivity index (χ1v) is 21.4. The van der Waals surface area contributed by atoms with Crippen LogP contribution in [0.3, 0.4) is 0 Å². The number of halogens is 2. The summed E-state index contributed by atoms with van der Waals surface area (Å²) in [5.74, 6) is -1.39. The molecule has 0 saturated carbocycles. The minimum absolute atomic E-state index is 0.0312. The Morgan fingerprint density at radius 2 is 1.05 bits per heavy atom. The molecule has 0 aliphatic carbocycles. The van der Waals surface area contributed by atoms with Gasteiger partial charge in [0.25, 0.3) is 5.92 Å². The van der Waals surface area contributed by atoms with Crippen LogP contribution >= 0.6 is 0 Å². The van der Waals surface area contributed by atoms with E-state index in [4.69, 9.17) is 10.2 Å². The van der Waals surface area contributed by atoms with Gasteiger partial charge in [-0.05, 0) is 95.8 Å². The van der Waals surface area contributed by atoms with Crippen molar-refractivity contribution < 1.29 is 19.0 Å². The zero-order chi connectivity index (χ0) is 42.2. The van der Waals surface area contributed by atoms with Crippen molar-refractivity contribution in [3.8, 4) is 0 Å². The van der Waals surface area contributed by atoms with Crippen LogP contribution in [0.15, 0.2) is 18.6 Å². The molecule has 0 aromatic carbocycles. The number of likely N-dealkylation sites (tertiary alicyclic amines) is 3. The number of aromatic nitrogens is 2. The second-order valence-electron chi connectivity index (χ2n) is 17.2. The van der Waals surface area contributed by atoms with E-state index in [-0.39, 0.29) is 18.9 Å². The Kier molecular flexibility index (Phi) is 25.9. The predicted octanol–water partition coefficient (Wildman–Crippen LogP) is 0.990. The van der Waals surface area contributed by atoms with Crippen LogP contribution in [-0.4, -0.2) is 277 Å². The highest BCUT2D eigenvalue weighted by molar-refractivity contribution is 5.35. The van der Waals surface area contributed by atoms with E-state index in [1.807, 2.05) is 25.2 Å². The van der Waals surface area contributed by atoms with Crippen molar-refractivity contribution in [3.63, 3.8) is 0 Å². The zero-order valence-corrected chi connectivity index (χ0v) is 37.6. The predicted molar refractivity (Wildman–Crippen MR) is 232 cm³/mol. The molecule has 2 N–H and O–H groups in total. The van der Waals surface area contributed by atoms with Crippen LogP contribution in [0.2, 0.25) is 0 Å². The van der Waals surface area contributed by atoms with Crippen LogP contribution in [0.5, 0.6) is 0 Å². The third-order valence-electron chi connectivity index (χ3n) is 11.6. The number of anilines is 1. The summed E-state index contributed by atoms with van der Waals surface area (Å²) in [6.07, 6.45) is 8.92. The topological polar surface area (TPSA) is 98.6 Å². The largest absolute Gasteiger partial charge is 0.395 e. The van der Waals surface area contributed by atoms with Gasteiger partial charge in [0, 0.05) is 143 Å². The average Bonchev–Trinajstić information content (AvgIpc) is 3.59. The van der Waals surface area contributed by atoms with Crippen molar-refractivity contribution in [1.29, 1.82) is 0 Å². The van der Waals surface area contributed by atoms with E-state index in [1.165, 1.54) is 52.1 Å². The van der Waals surface area contributed by atoms with Crippen molar-refractivity contribution in [2.75, 3.05) is 199 Å². The minimum atomic E-state index is -2.38. The first kappa shape index (κ1) is 51.4. The summed E-state index contributed by atoms with van der Waals surface area (Å²) < 4.78 is 24.7. The fourth-order valence-electron chi connectivity index (χ4n) is 6.98. The number of likely N-dealkylation sites (N-methyl/N-ethyl adjacent to an activating group) is 5. The van der Waals surface area contributed by atoms with Crippen LogP contribution < -0.4 is 4.90 Å². The van der Waals surface area contributed by atoms with Crippen molar-refractivity contribution in [3.05, 3.63) is 18.6 Å². The first-order valence-electron chi connectivity index (χ1n) is 21.4. The Balaban J connectivity index is 0.000000239. The van der Waals surface area contributed by atoms with Crippen LogP contribution in [0, 0.1) is 0 Å². The molecule has 6 saturated heterocycles. The van der Waals surface area contributed by atoms with Crippen molar-refractivity contribution in [1.82, 2.24) is 54.1 Å². The second kappa shape index (κ2) is 28.7. The minimum Gasteiger partial charge on any atom is -0.395 e. The Bertz CT molecular complexity index is 1070. The summed E-state index contributed by atoms with van der Waals surface area (Å²) >= 11 is 0. The highest BCUT2D eigenvalue weighted by Crippen LogP contribution is 2.26. The molecule has 1 unspecified atom stereocenters. The number of β-amino-alcohol motifs (C(OH)–C–C–N with tert-alkyl or cyclic N) is 2. The van der Waals surface area contributed by atoms with Gasteiger partial charge in [0.2, 0.25) is 0 Å². The first-order chi connectivity index (χ1) is 27.1. The quantitative estimate of drug-likeness (QED) is 0.453. The van der Waals surface area contributed by atoms with Crippen molar-refractivity contribution >= 4 is 5.82 Å². The SMILES string of the molecule is CN1CCC(F)(F)CC1.CN1CCC(N(C)C)CC1.CN1CCC(O)C1.CN1CCN(C)CC1.CN1CCN(CCO)CC1.CN1CCN(c2cnccn2)CC1. The third kappa shape index (κ3) is 24.2. The molecule has 0 amide bonds. The van der Waals surface area contributed by atoms with Gasteiger partial charge in [0.15, 0.2) is 0 Å². The van der Waals surface area contributed by atoms with E-state index >= 15 is 0 Å². The Labute approximate surface area is 346 Å². The average molecular weight is 815 g/mol. The molecule has 16 heteroatoms. The van der Waals surface area contributed by atoms with Crippen LogP contribution in [0.25, 0.3) is 0 Å².